The van der Waals surface area contributed by atoms with Gasteiger partial charge in [-0.25, -0.2) is 0 Å². The molecule has 2 rings (SSSR count). The van der Waals surface area contributed by atoms with Crippen LogP contribution in [-0.2, 0) is 4.79 Å². The molecule has 0 saturated carbocycles. The molecule has 0 atom stereocenters. The summed E-state index contributed by atoms with van der Waals surface area (Å²) >= 11 is 0. The van der Waals surface area contributed by atoms with Crippen LogP contribution in [0.25, 0.3) is 0 Å². The van der Waals surface area contributed by atoms with Crippen molar-refractivity contribution >= 4 is 11.6 Å². The third-order valence-electron chi connectivity index (χ3n) is 3.87. The second-order valence-corrected chi connectivity index (χ2v) is 5.72. The summed E-state index contributed by atoms with van der Waals surface area (Å²) in [6.07, 6.45) is 2.87. The molecule has 0 spiro atoms. The molecule has 0 unspecified atom stereocenters. The van der Waals surface area contributed by atoms with E-state index in [4.69, 9.17) is 0 Å². The number of anilines is 1. The lowest BCUT2D eigenvalue weighted by Gasteiger charge is -2.22. The fraction of sp³-hybridized carbons (Fsp3) is 0.562. The minimum atomic E-state index is 0.155. The molecule has 19 heavy (non-hydrogen) atoms. The molecule has 1 aliphatic heterocycles. The number of carbonyl (C=O) groups excluding carboxylic acids is 1. The standard InChI is InChI=1S/C16H24N2O/c1-11-8-12(2)16(13(3)9-11)18-15(19)10-14-4-6-17-7-5-14/h8-9,14,17H,4-7,10H2,1-3H3,(H,18,19). The van der Waals surface area contributed by atoms with Crippen LogP contribution in [0.15, 0.2) is 12.1 Å². The number of rotatable bonds is 3. The van der Waals surface area contributed by atoms with Crippen LogP contribution in [0, 0.1) is 26.7 Å². The molecule has 1 amide bonds. The predicted octanol–water partition coefficient (Wildman–Crippen LogP) is 2.94. The van der Waals surface area contributed by atoms with Crippen molar-refractivity contribution in [2.24, 2.45) is 5.92 Å². The maximum Gasteiger partial charge on any atom is 0.224 e. The SMILES string of the molecule is Cc1cc(C)c(NC(=O)CC2CCNCC2)c(C)c1. The van der Waals surface area contributed by atoms with Gasteiger partial charge in [0.25, 0.3) is 0 Å². The molecule has 1 aromatic carbocycles. The number of benzene rings is 1. The lowest BCUT2D eigenvalue weighted by Crippen LogP contribution is -2.30. The van der Waals surface area contributed by atoms with Crippen molar-refractivity contribution in [3.63, 3.8) is 0 Å². The summed E-state index contributed by atoms with van der Waals surface area (Å²) in [5, 5.41) is 6.42. The van der Waals surface area contributed by atoms with Crippen molar-refractivity contribution in [3.05, 3.63) is 28.8 Å². The van der Waals surface area contributed by atoms with Gasteiger partial charge >= 0.3 is 0 Å². The number of nitrogens with one attached hydrogen (secondary N) is 2. The summed E-state index contributed by atoms with van der Waals surface area (Å²) < 4.78 is 0. The summed E-state index contributed by atoms with van der Waals surface area (Å²) in [6.45, 7) is 8.28. The minimum Gasteiger partial charge on any atom is -0.326 e. The molecule has 1 saturated heterocycles. The fourth-order valence-corrected chi connectivity index (χ4v) is 2.92. The number of amides is 1. The molecule has 1 fully saturated rings. The summed E-state index contributed by atoms with van der Waals surface area (Å²) in [5.41, 5.74) is 4.53. The first-order valence-corrected chi connectivity index (χ1v) is 7.14. The van der Waals surface area contributed by atoms with Crippen LogP contribution in [-0.4, -0.2) is 19.0 Å². The second kappa shape index (κ2) is 6.20. The van der Waals surface area contributed by atoms with Crippen molar-refractivity contribution in [1.82, 2.24) is 5.32 Å². The van der Waals surface area contributed by atoms with Crippen molar-refractivity contribution in [3.8, 4) is 0 Å². The van der Waals surface area contributed by atoms with E-state index in [1.54, 1.807) is 0 Å². The first-order chi connectivity index (χ1) is 9.06. The maximum atomic E-state index is 12.1. The molecule has 0 aliphatic carbocycles. The number of hydrogen-bond donors (Lipinski definition) is 2. The summed E-state index contributed by atoms with van der Waals surface area (Å²) in [5.74, 6) is 0.689. The van der Waals surface area contributed by atoms with E-state index in [9.17, 15) is 4.79 Å². The van der Waals surface area contributed by atoms with E-state index in [-0.39, 0.29) is 5.91 Å². The van der Waals surface area contributed by atoms with Crippen LogP contribution in [0.3, 0.4) is 0 Å². The maximum absolute atomic E-state index is 12.1. The molecular formula is C16H24N2O. The fourth-order valence-electron chi connectivity index (χ4n) is 2.92. The minimum absolute atomic E-state index is 0.155. The highest BCUT2D eigenvalue weighted by Gasteiger charge is 2.17. The molecule has 3 nitrogen and oxygen atoms in total. The van der Waals surface area contributed by atoms with Gasteiger partial charge in [-0.2, -0.15) is 0 Å². The monoisotopic (exact) mass is 260 g/mol. The molecular weight excluding hydrogens is 236 g/mol. The summed E-state index contributed by atoms with van der Waals surface area (Å²) in [6, 6.07) is 4.24. The van der Waals surface area contributed by atoms with Crippen LogP contribution in [0.2, 0.25) is 0 Å². The highest BCUT2D eigenvalue weighted by atomic mass is 16.1. The molecule has 3 heteroatoms. The zero-order chi connectivity index (χ0) is 13.8. The van der Waals surface area contributed by atoms with Gasteiger partial charge in [-0.15, -0.1) is 0 Å². The molecule has 1 aromatic rings. The van der Waals surface area contributed by atoms with E-state index >= 15 is 0 Å². The Kier molecular flexibility index (Phi) is 4.59. The largest absolute Gasteiger partial charge is 0.326 e. The Labute approximate surface area is 115 Å². The first-order valence-electron chi connectivity index (χ1n) is 7.14. The van der Waals surface area contributed by atoms with Gasteiger partial charge in [0.1, 0.15) is 0 Å². The Bertz CT molecular complexity index is 439. The van der Waals surface area contributed by atoms with Crippen LogP contribution < -0.4 is 10.6 Å². The van der Waals surface area contributed by atoms with Gasteiger partial charge in [0, 0.05) is 12.1 Å². The second-order valence-electron chi connectivity index (χ2n) is 5.72. The average molecular weight is 260 g/mol. The number of carbonyl (C=O) groups is 1. The van der Waals surface area contributed by atoms with Crippen molar-refractivity contribution in [1.29, 1.82) is 0 Å². The Morgan fingerprint density at radius 2 is 1.79 bits per heavy atom. The predicted molar refractivity (Wildman–Crippen MR) is 79.5 cm³/mol. The third kappa shape index (κ3) is 3.80. The van der Waals surface area contributed by atoms with E-state index in [0.717, 1.165) is 42.7 Å². The lowest BCUT2D eigenvalue weighted by molar-refractivity contribution is -0.117. The smallest absolute Gasteiger partial charge is 0.224 e. The van der Waals surface area contributed by atoms with Gasteiger partial charge < -0.3 is 10.6 Å². The Hall–Kier alpha value is -1.35. The van der Waals surface area contributed by atoms with Crippen LogP contribution in [0.4, 0.5) is 5.69 Å². The third-order valence-corrected chi connectivity index (χ3v) is 3.87. The summed E-state index contributed by atoms with van der Waals surface area (Å²) in [7, 11) is 0. The van der Waals surface area contributed by atoms with Crippen molar-refractivity contribution < 1.29 is 4.79 Å². The quantitative estimate of drug-likeness (QED) is 0.877. The number of aryl methyl sites for hydroxylation is 3. The van der Waals surface area contributed by atoms with Crippen LogP contribution in [0.5, 0.6) is 0 Å². The van der Waals surface area contributed by atoms with Gasteiger partial charge in [-0.05, 0) is 63.7 Å². The topological polar surface area (TPSA) is 41.1 Å². The Morgan fingerprint density at radius 1 is 1.21 bits per heavy atom. The van der Waals surface area contributed by atoms with E-state index in [2.05, 4.69) is 43.5 Å². The highest BCUT2D eigenvalue weighted by molar-refractivity contribution is 5.92. The van der Waals surface area contributed by atoms with E-state index in [1.165, 1.54) is 5.56 Å². The van der Waals surface area contributed by atoms with Crippen molar-refractivity contribution in [2.45, 2.75) is 40.0 Å². The average Bonchev–Trinajstić information content (AvgIpc) is 2.35. The molecule has 104 valence electrons. The molecule has 0 aromatic heterocycles. The number of hydrogen-bond acceptors (Lipinski definition) is 2. The zero-order valence-electron chi connectivity index (χ0n) is 12.2. The molecule has 2 N–H and O–H groups in total. The van der Waals surface area contributed by atoms with Crippen LogP contribution in [0.1, 0.15) is 36.0 Å². The van der Waals surface area contributed by atoms with Gasteiger partial charge in [-0.3, -0.25) is 4.79 Å². The van der Waals surface area contributed by atoms with E-state index in [0.29, 0.717) is 12.3 Å². The molecule has 1 aliphatic rings. The van der Waals surface area contributed by atoms with Gasteiger partial charge in [0.2, 0.25) is 5.91 Å². The van der Waals surface area contributed by atoms with Gasteiger partial charge in [0.05, 0.1) is 0 Å². The van der Waals surface area contributed by atoms with Crippen LogP contribution >= 0.6 is 0 Å². The Morgan fingerprint density at radius 3 is 2.37 bits per heavy atom. The van der Waals surface area contributed by atoms with Gasteiger partial charge in [0.15, 0.2) is 0 Å². The normalized spacial score (nSPS) is 16.4. The molecule has 0 radical (unpaired) electrons. The zero-order valence-corrected chi connectivity index (χ0v) is 12.2. The van der Waals surface area contributed by atoms with Gasteiger partial charge in [-0.1, -0.05) is 17.7 Å². The highest BCUT2D eigenvalue weighted by Crippen LogP contribution is 2.23. The lowest BCUT2D eigenvalue weighted by atomic mass is 9.94. The van der Waals surface area contributed by atoms with E-state index in [1.807, 2.05) is 0 Å². The Balaban J connectivity index is 1.98. The molecule has 1 heterocycles. The number of piperidine rings is 1. The summed E-state index contributed by atoms with van der Waals surface area (Å²) in [4.78, 5) is 12.1. The first kappa shape index (κ1) is 14.1. The molecule has 0 bridgehead atoms. The van der Waals surface area contributed by atoms with E-state index < -0.39 is 0 Å². The van der Waals surface area contributed by atoms with Crippen molar-refractivity contribution in [2.75, 3.05) is 18.4 Å².